The number of aryl methyl sites for hydroxylation is 3. The number of ether oxygens (including phenoxy) is 1. The first-order chi connectivity index (χ1) is 14.3. The number of methoxy groups -OCH3 is 1. The van der Waals surface area contributed by atoms with E-state index >= 15 is 0 Å². The number of primary amides is 1. The molecule has 2 N–H and O–H groups in total. The van der Waals surface area contributed by atoms with Crippen LogP contribution in [0.25, 0.3) is 28.2 Å². The van der Waals surface area contributed by atoms with E-state index in [-0.39, 0.29) is 22.7 Å². The first-order valence-corrected chi connectivity index (χ1v) is 9.33. The number of hydrogen-bond donors (Lipinski definition) is 1. The van der Waals surface area contributed by atoms with Crippen LogP contribution in [0.2, 0.25) is 0 Å². The monoisotopic (exact) mass is 403 g/mol. The van der Waals surface area contributed by atoms with E-state index in [2.05, 4.69) is 9.97 Å². The van der Waals surface area contributed by atoms with Crippen LogP contribution in [-0.4, -0.2) is 32.1 Å². The molecule has 0 unspecified atom stereocenters. The zero-order valence-corrected chi connectivity index (χ0v) is 17.1. The van der Waals surface area contributed by atoms with Crippen molar-refractivity contribution in [3.8, 4) is 22.8 Å². The summed E-state index contributed by atoms with van der Waals surface area (Å²) in [6.07, 6.45) is 0. The van der Waals surface area contributed by atoms with Crippen LogP contribution in [0.1, 0.15) is 21.6 Å². The Balaban J connectivity index is 2.09. The van der Waals surface area contributed by atoms with E-state index in [0.29, 0.717) is 22.6 Å². The van der Waals surface area contributed by atoms with Gasteiger partial charge in [-0.05, 0) is 49.2 Å². The summed E-state index contributed by atoms with van der Waals surface area (Å²) >= 11 is 0. The highest BCUT2D eigenvalue weighted by atomic mass is 16.5. The lowest BCUT2D eigenvalue weighted by molar-refractivity contribution is 0.0997. The Morgan fingerprint density at radius 2 is 1.83 bits per heavy atom. The molecule has 0 saturated heterocycles. The van der Waals surface area contributed by atoms with Gasteiger partial charge in [0.25, 0.3) is 5.91 Å². The number of imidazole rings is 1. The van der Waals surface area contributed by atoms with Gasteiger partial charge in [-0.25, -0.2) is 19.3 Å². The summed E-state index contributed by atoms with van der Waals surface area (Å²) in [5.74, 6) is 0.161. The molecule has 0 aliphatic heterocycles. The van der Waals surface area contributed by atoms with Gasteiger partial charge in [0.15, 0.2) is 17.2 Å². The first kappa shape index (κ1) is 19.4. The van der Waals surface area contributed by atoms with E-state index in [1.807, 2.05) is 32.0 Å². The van der Waals surface area contributed by atoms with Gasteiger partial charge in [-0.1, -0.05) is 18.2 Å². The molecular weight excluding hydrogens is 382 g/mol. The summed E-state index contributed by atoms with van der Waals surface area (Å²) in [6, 6.07) is 12.9. The molecule has 0 bridgehead atoms. The van der Waals surface area contributed by atoms with Crippen LogP contribution in [0, 0.1) is 13.8 Å². The van der Waals surface area contributed by atoms with Gasteiger partial charge in [-0.15, -0.1) is 0 Å². The third-order valence-corrected chi connectivity index (χ3v) is 5.20. The minimum Gasteiger partial charge on any atom is -0.497 e. The van der Waals surface area contributed by atoms with Crippen LogP contribution in [0.5, 0.6) is 5.75 Å². The number of amides is 1. The molecule has 1 amide bonds. The lowest BCUT2D eigenvalue weighted by atomic mass is 10.1. The van der Waals surface area contributed by atoms with Crippen LogP contribution in [0.3, 0.4) is 0 Å². The van der Waals surface area contributed by atoms with E-state index in [1.165, 1.54) is 9.13 Å². The van der Waals surface area contributed by atoms with Crippen molar-refractivity contribution in [1.29, 1.82) is 0 Å². The quantitative estimate of drug-likeness (QED) is 0.564. The van der Waals surface area contributed by atoms with Crippen molar-refractivity contribution in [3.05, 3.63) is 69.8 Å². The average Bonchev–Trinajstić information content (AvgIpc) is 2.99. The SMILES string of the molecule is COc1cccc(-c2nc(C(N)=O)c3c(n2)n(-c2ccc(C)c(C)c2)c(=O)n3C)c1. The molecule has 0 aliphatic carbocycles. The van der Waals surface area contributed by atoms with Gasteiger partial charge in [0, 0.05) is 12.6 Å². The van der Waals surface area contributed by atoms with E-state index in [4.69, 9.17) is 10.5 Å². The highest BCUT2D eigenvalue weighted by Gasteiger charge is 2.23. The van der Waals surface area contributed by atoms with Crippen LogP contribution in [0.4, 0.5) is 0 Å². The van der Waals surface area contributed by atoms with Crippen molar-refractivity contribution in [3.63, 3.8) is 0 Å². The molecule has 2 heterocycles. The Hall–Kier alpha value is -3.94. The minimum atomic E-state index is -0.737. The normalized spacial score (nSPS) is 11.1. The molecule has 152 valence electrons. The van der Waals surface area contributed by atoms with Crippen LogP contribution in [0.15, 0.2) is 47.3 Å². The summed E-state index contributed by atoms with van der Waals surface area (Å²) in [6.45, 7) is 3.97. The lowest BCUT2D eigenvalue weighted by Crippen LogP contribution is -2.21. The second-order valence-electron chi connectivity index (χ2n) is 7.11. The van der Waals surface area contributed by atoms with Gasteiger partial charge in [-0.3, -0.25) is 9.36 Å². The fraction of sp³-hybridized carbons (Fsp3) is 0.182. The first-order valence-electron chi connectivity index (χ1n) is 9.33. The maximum atomic E-state index is 13.1. The highest BCUT2D eigenvalue weighted by molar-refractivity contribution is 6.02. The number of carbonyl (C=O) groups excluding carboxylic acids is 1. The smallest absolute Gasteiger partial charge is 0.334 e. The summed E-state index contributed by atoms with van der Waals surface area (Å²) in [5.41, 5.74) is 9.30. The summed E-state index contributed by atoms with van der Waals surface area (Å²) in [5, 5.41) is 0. The highest BCUT2D eigenvalue weighted by Crippen LogP contribution is 2.26. The summed E-state index contributed by atoms with van der Waals surface area (Å²) in [7, 11) is 3.13. The third kappa shape index (κ3) is 3.02. The molecule has 0 saturated carbocycles. The van der Waals surface area contributed by atoms with Crippen molar-refractivity contribution in [1.82, 2.24) is 19.1 Å². The van der Waals surface area contributed by atoms with Crippen LogP contribution < -0.4 is 16.2 Å². The zero-order valence-electron chi connectivity index (χ0n) is 17.1. The molecule has 8 nitrogen and oxygen atoms in total. The number of fused-ring (bicyclic) bond motifs is 1. The van der Waals surface area contributed by atoms with Crippen molar-refractivity contribution in [2.45, 2.75) is 13.8 Å². The van der Waals surface area contributed by atoms with Crippen molar-refractivity contribution in [2.24, 2.45) is 12.8 Å². The summed E-state index contributed by atoms with van der Waals surface area (Å²) in [4.78, 5) is 34.3. The van der Waals surface area contributed by atoms with Gasteiger partial charge in [0.1, 0.15) is 11.3 Å². The molecule has 0 fully saturated rings. The zero-order chi connectivity index (χ0) is 21.6. The molecule has 0 radical (unpaired) electrons. The van der Waals surface area contributed by atoms with Crippen LogP contribution >= 0.6 is 0 Å². The Morgan fingerprint density at radius 3 is 2.50 bits per heavy atom. The number of rotatable bonds is 4. The van der Waals surface area contributed by atoms with Crippen molar-refractivity contribution in [2.75, 3.05) is 7.11 Å². The standard InChI is InChI=1S/C22H21N5O3/c1-12-8-9-15(10-13(12)2)27-21-18(26(3)22(27)29)17(19(23)28)24-20(25-21)14-6-5-7-16(11-14)30-4/h5-11H,1-4H3,(H2,23,28). The molecule has 4 aromatic rings. The van der Waals surface area contributed by atoms with Crippen LogP contribution in [-0.2, 0) is 7.05 Å². The predicted octanol–water partition coefficient (Wildman–Crippen LogP) is 2.51. The molecule has 0 aliphatic rings. The van der Waals surface area contributed by atoms with Gasteiger partial charge in [0.05, 0.1) is 12.8 Å². The van der Waals surface area contributed by atoms with E-state index < -0.39 is 5.91 Å². The number of carbonyl (C=O) groups is 1. The van der Waals surface area contributed by atoms with Crippen molar-refractivity contribution >= 4 is 17.1 Å². The average molecular weight is 403 g/mol. The number of aromatic nitrogens is 4. The maximum Gasteiger partial charge on any atom is 0.334 e. The molecule has 8 heteroatoms. The van der Waals surface area contributed by atoms with Gasteiger partial charge < -0.3 is 10.5 Å². The van der Waals surface area contributed by atoms with Crippen molar-refractivity contribution < 1.29 is 9.53 Å². The Morgan fingerprint density at radius 1 is 1.07 bits per heavy atom. The topological polar surface area (TPSA) is 105 Å². The molecule has 0 atom stereocenters. The fourth-order valence-corrected chi connectivity index (χ4v) is 3.40. The van der Waals surface area contributed by atoms with E-state index in [0.717, 1.165) is 11.1 Å². The molecule has 30 heavy (non-hydrogen) atoms. The Labute approximate surface area is 172 Å². The molecule has 2 aromatic carbocycles. The van der Waals surface area contributed by atoms with Gasteiger partial charge in [-0.2, -0.15) is 0 Å². The second kappa shape index (κ2) is 7.14. The maximum absolute atomic E-state index is 13.1. The Kier molecular flexibility index (Phi) is 4.62. The Bertz CT molecular complexity index is 1370. The molecule has 0 spiro atoms. The van der Waals surface area contributed by atoms with E-state index in [1.54, 1.807) is 38.4 Å². The number of hydrogen-bond acceptors (Lipinski definition) is 5. The third-order valence-electron chi connectivity index (χ3n) is 5.20. The summed E-state index contributed by atoms with van der Waals surface area (Å²) < 4.78 is 8.09. The number of nitrogens with zero attached hydrogens (tertiary/aromatic N) is 4. The fourth-order valence-electron chi connectivity index (χ4n) is 3.40. The molecule has 2 aromatic heterocycles. The minimum absolute atomic E-state index is 0.0139. The molecule has 4 rings (SSSR count). The largest absolute Gasteiger partial charge is 0.497 e. The number of nitrogens with two attached hydrogens (primary N) is 1. The van der Waals surface area contributed by atoms with Gasteiger partial charge >= 0.3 is 5.69 Å². The second-order valence-corrected chi connectivity index (χ2v) is 7.11. The van der Waals surface area contributed by atoms with E-state index in [9.17, 15) is 9.59 Å². The van der Waals surface area contributed by atoms with Gasteiger partial charge in [0.2, 0.25) is 0 Å². The molecular formula is C22H21N5O3. The number of benzene rings is 2. The predicted molar refractivity (Wildman–Crippen MR) is 114 cm³/mol. The lowest BCUT2D eigenvalue weighted by Gasteiger charge is -2.09.